The maximum absolute atomic E-state index is 12.7. The predicted octanol–water partition coefficient (Wildman–Crippen LogP) is 3.15. The highest BCUT2D eigenvalue weighted by atomic mass is 32.2. The third-order valence-electron chi connectivity index (χ3n) is 6.01. The van der Waals surface area contributed by atoms with Gasteiger partial charge in [-0.1, -0.05) is 0 Å². The average molecular weight is 529 g/mol. The zero-order chi connectivity index (χ0) is 25.3. The number of rotatable bonds is 8. The van der Waals surface area contributed by atoms with Gasteiger partial charge in [-0.05, 0) is 48.9 Å². The molecule has 1 saturated heterocycles. The number of amides is 2. The number of ether oxygens (including phenoxy) is 2. The second kappa shape index (κ2) is 9.96. The molecule has 1 fully saturated rings. The van der Waals surface area contributed by atoms with Crippen molar-refractivity contribution in [2.24, 2.45) is 0 Å². The van der Waals surface area contributed by atoms with Crippen LogP contribution in [0.1, 0.15) is 18.1 Å². The molecule has 0 bridgehead atoms. The third kappa shape index (κ3) is 4.97. The van der Waals surface area contributed by atoms with E-state index in [1.54, 1.807) is 24.3 Å². The van der Waals surface area contributed by atoms with Crippen molar-refractivity contribution in [1.82, 2.24) is 14.6 Å². The van der Waals surface area contributed by atoms with Crippen LogP contribution in [0.25, 0.3) is 10.9 Å². The summed E-state index contributed by atoms with van der Waals surface area (Å²) >= 11 is 1.37. The minimum absolute atomic E-state index is 0.0738. The Morgan fingerprint density at radius 2 is 2.08 bits per heavy atom. The van der Waals surface area contributed by atoms with Gasteiger partial charge in [0.1, 0.15) is 11.9 Å². The number of nitrogens with one attached hydrogen (secondary N) is 2. The van der Waals surface area contributed by atoms with Crippen LogP contribution < -0.4 is 14.8 Å². The number of hydrogen-bond acceptors (Lipinski definition) is 8. The average Bonchev–Trinajstić information content (AvgIpc) is 3.25. The molecule has 0 unspecified atom stereocenters. The number of hydrogen-bond donors (Lipinski definition) is 2. The predicted molar refractivity (Wildman–Crippen MR) is 135 cm³/mol. The molecular formula is C24H24N4O6S2. The van der Waals surface area contributed by atoms with Crippen LogP contribution in [0.15, 0.2) is 58.5 Å². The molecule has 0 spiro atoms. The molecule has 3 aromatic rings. The number of methoxy groups -OCH3 is 1. The molecule has 1 aromatic heterocycles. The number of pyridine rings is 1. The van der Waals surface area contributed by atoms with Gasteiger partial charge in [-0.3, -0.25) is 9.78 Å². The number of carbonyl (C=O) groups excluding carboxylic acids is 2. The van der Waals surface area contributed by atoms with E-state index in [4.69, 9.17) is 9.47 Å². The number of anilines is 1. The van der Waals surface area contributed by atoms with E-state index in [2.05, 4.69) is 15.0 Å². The van der Waals surface area contributed by atoms with Crippen LogP contribution in [0, 0.1) is 0 Å². The van der Waals surface area contributed by atoms with Crippen molar-refractivity contribution in [3.05, 3.63) is 54.2 Å². The monoisotopic (exact) mass is 528 g/mol. The Hall–Kier alpha value is -3.35. The summed E-state index contributed by atoms with van der Waals surface area (Å²) in [6.07, 6.45) is 1.18. The summed E-state index contributed by atoms with van der Waals surface area (Å²) in [5, 5.41) is 3.55. The Morgan fingerprint density at radius 1 is 1.22 bits per heavy atom. The number of carbonyl (C=O) groups is 2. The van der Waals surface area contributed by atoms with Crippen LogP contribution >= 0.6 is 11.8 Å². The Labute approximate surface area is 212 Å². The van der Waals surface area contributed by atoms with E-state index in [0.29, 0.717) is 36.7 Å². The molecule has 10 nitrogen and oxygen atoms in total. The number of sulfonamides is 1. The summed E-state index contributed by atoms with van der Waals surface area (Å²) < 4.78 is 38.9. The van der Waals surface area contributed by atoms with Crippen LogP contribution in [0.5, 0.6) is 5.75 Å². The number of fused-ring (bicyclic) bond motifs is 2. The number of cyclic esters (lactones) is 1. The molecule has 3 heterocycles. The van der Waals surface area contributed by atoms with Crippen LogP contribution in [0.2, 0.25) is 0 Å². The quantitative estimate of drug-likeness (QED) is 0.427. The lowest BCUT2D eigenvalue weighted by Crippen LogP contribution is -2.30. The summed E-state index contributed by atoms with van der Waals surface area (Å²) in [7, 11) is -2.18. The molecule has 2 N–H and O–H groups in total. The van der Waals surface area contributed by atoms with Crippen LogP contribution in [0.3, 0.4) is 0 Å². The van der Waals surface area contributed by atoms with Gasteiger partial charge in [0.2, 0.25) is 15.9 Å². The Bertz CT molecular complexity index is 1450. The van der Waals surface area contributed by atoms with Gasteiger partial charge in [-0.15, -0.1) is 11.8 Å². The fourth-order valence-corrected chi connectivity index (χ4v) is 6.08. The molecule has 188 valence electrons. The first kappa shape index (κ1) is 24.3. The molecule has 2 aliphatic heterocycles. The zero-order valence-electron chi connectivity index (χ0n) is 19.4. The SMILES string of the molecule is COc1ccc2nccc([C@@H]3CN(CCCNS(=O)(=O)c4ccc5c(c4)NC(=O)CS5)C(=O)O3)c2c1. The van der Waals surface area contributed by atoms with Gasteiger partial charge in [0.15, 0.2) is 0 Å². The first-order valence-corrected chi connectivity index (χ1v) is 13.8. The highest BCUT2D eigenvalue weighted by Crippen LogP contribution is 2.34. The molecule has 5 rings (SSSR count). The topological polar surface area (TPSA) is 127 Å². The number of aromatic nitrogens is 1. The molecule has 1 atom stereocenters. The van der Waals surface area contributed by atoms with Crippen molar-refractivity contribution in [3.63, 3.8) is 0 Å². The first-order valence-electron chi connectivity index (χ1n) is 11.3. The fourth-order valence-electron chi connectivity index (χ4n) is 4.20. The first-order chi connectivity index (χ1) is 17.3. The largest absolute Gasteiger partial charge is 0.497 e. The highest BCUT2D eigenvalue weighted by Gasteiger charge is 2.33. The Kier molecular flexibility index (Phi) is 6.73. The molecule has 0 aliphatic carbocycles. The Balaban J connectivity index is 1.19. The van der Waals surface area contributed by atoms with E-state index < -0.39 is 22.2 Å². The smallest absolute Gasteiger partial charge is 0.410 e. The van der Waals surface area contributed by atoms with Crippen molar-refractivity contribution in [2.45, 2.75) is 22.3 Å². The lowest BCUT2D eigenvalue weighted by atomic mass is 10.0. The maximum atomic E-state index is 12.7. The standard InChI is InChI=1S/C24H24N4O6S2/c1-33-15-3-5-19-18(11-15)17(7-9-25-19)21-13-28(24(30)34-21)10-2-8-26-36(31,32)16-4-6-22-20(12-16)27-23(29)14-35-22/h3-7,9,11-12,21,26H,2,8,10,13-14H2,1H3,(H,27,29)/t21-/m0/s1. The van der Waals surface area contributed by atoms with Crippen molar-refractivity contribution in [1.29, 1.82) is 0 Å². The second-order valence-electron chi connectivity index (χ2n) is 8.35. The fraction of sp³-hybridized carbons (Fsp3) is 0.292. The summed E-state index contributed by atoms with van der Waals surface area (Å²) in [6.45, 7) is 0.829. The number of nitrogens with zero attached hydrogens (tertiary/aromatic N) is 2. The van der Waals surface area contributed by atoms with E-state index >= 15 is 0 Å². The maximum Gasteiger partial charge on any atom is 0.410 e. The van der Waals surface area contributed by atoms with Gasteiger partial charge >= 0.3 is 6.09 Å². The summed E-state index contributed by atoms with van der Waals surface area (Å²) in [5.41, 5.74) is 2.11. The lowest BCUT2D eigenvalue weighted by Gasteiger charge is -2.17. The van der Waals surface area contributed by atoms with Gasteiger partial charge in [0, 0.05) is 35.1 Å². The molecule has 0 radical (unpaired) electrons. The van der Waals surface area contributed by atoms with Crippen molar-refractivity contribution in [2.75, 3.05) is 37.8 Å². The lowest BCUT2D eigenvalue weighted by molar-refractivity contribution is -0.113. The van der Waals surface area contributed by atoms with E-state index in [-0.39, 0.29) is 17.3 Å². The van der Waals surface area contributed by atoms with Gasteiger partial charge in [0.25, 0.3) is 0 Å². The van der Waals surface area contributed by atoms with Crippen LogP contribution in [-0.4, -0.2) is 62.8 Å². The molecule has 2 aromatic carbocycles. The van der Waals surface area contributed by atoms with E-state index in [9.17, 15) is 18.0 Å². The third-order valence-corrected chi connectivity index (χ3v) is 8.54. The molecule has 12 heteroatoms. The highest BCUT2D eigenvalue weighted by molar-refractivity contribution is 8.00. The van der Waals surface area contributed by atoms with Crippen molar-refractivity contribution < 1.29 is 27.5 Å². The summed E-state index contributed by atoms with van der Waals surface area (Å²) in [5.74, 6) is 0.831. The summed E-state index contributed by atoms with van der Waals surface area (Å²) in [4.78, 5) is 30.9. The molecular weight excluding hydrogens is 504 g/mol. The minimum atomic E-state index is -3.77. The molecule has 0 saturated carbocycles. The number of benzene rings is 2. The van der Waals surface area contributed by atoms with Crippen molar-refractivity contribution >= 4 is 50.4 Å². The normalized spacial score (nSPS) is 17.6. The zero-order valence-corrected chi connectivity index (χ0v) is 21.0. The molecule has 2 amide bonds. The van der Waals surface area contributed by atoms with Gasteiger partial charge < -0.3 is 19.7 Å². The molecule has 36 heavy (non-hydrogen) atoms. The molecule has 2 aliphatic rings. The summed E-state index contributed by atoms with van der Waals surface area (Å²) in [6, 6.07) is 12.0. The van der Waals surface area contributed by atoms with Gasteiger partial charge in [0.05, 0.1) is 35.5 Å². The van der Waals surface area contributed by atoms with E-state index in [0.717, 1.165) is 21.4 Å². The van der Waals surface area contributed by atoms with E-state index in [1.807, 2.05) is 24.3 Å². The van der Waals surface area contributed by atoms with Crippen molar-refractivity contribution in [3.8, 4) is 5.75 Å². The van der Waals surface area contributed by atoms with E-state index in [1.165, 1.54) is 23.9 Å². The second-order valence-corrected chi connectivity index (χ2v) is 11.1. The van der Waals surface area contributed by atoms with Gasteiger partial charge in [-0.25, -0.2) is 17.9 Å². The van der Waals surface area contributed by atoms with Gasteiger partial charge in [-0.2, -0.15) is 0 Å². The number of thioether (sulfide) groups is 1. The minimum Gasteiger partial charge on any atom is -0.497 e. The Morgan fingerprint density at radius 3 is 2.92 bits per heavy atom. The van der Waals surface area contributed by atoms with Crippen LogP contribution in [-0.2, 0) is 19.6 Å². The van der Waals surface area contributed by atoms with Crippen LogP contribution in [0.4, 0.5) is 10.5 Å².